The van der Waals surface area contributed by atoms with Crippen LogP contribution in [0.5, 0.6) is 0 Å². The van der Waals surface area contributed by atoms with Crippen LogP contribution in [0.4, 0.5) is 0 Å². The third-order valence-corrected chi connectivity index (χ3v) is 5.99. The molecule has 2 aliphatic carbocycles. The first kappa shape index (κ1) is 13.4. The van der Waals surface area contributed by atoms with Gasteiger partial charge in [-0.3, -0.25) is 0 Å². The molecule has 1 heteroatoms. The van der Waals surface area contributed by atoms with Crippen LogP contribution in [-0.4, -0.2) is 12.1 Å². The van der Waals surface area contributed by atoms with E-state index in [-0.39, 0.29) is 0 Å². The first-order valence-corrected chi connectivity index (χ1v) is 7.33. The SMILES string of the molecule is CC(NC1C2(C)CCC(C2)C1(C)C)C(C)(C)C. The van der Waals surface area contributed by atoms with Crippen molar-refractivity contribution in [3.8, 4) is 0 Å². The monoisotopic (exact) mass is 237 g/mol. The van der Waals surface area contributed by atoms with Crippen molar-refractivity contribution in [3.05, 3.63) is 0 Å². The van der Waals surface area contributed by atoms with E-state index in [2.05, 4.69) is 53.8 Å². The van der Waals surface area contributed by atoms with Gasteiger partial charge in [-0.2, -0.15) is 0 Å². The molecule has 4 atom stereocenters. The molecule has 2 rings (SSSR count). The quantitative estimate of drug-likeness (QED) is 0.758. The van der Waals surface area contributed by atoms with E-state index in [9.17, 15) is 0 Å². The molecule has 2 bridgehead atoms. The highest BCUT2D eigenvalue weighted by Gasteiger charge is 2.59. The zero-order chi connectivity index (χ0) is 13.1. The Morgan fingerprint density at radius 3 is 2.18 bits per heavy atom. The van der Waals surface area contributed by atoms with Gasteiger partial charge >= 0.3 is 0 Å². The van der Waals surface area contributed by atoms with Gasteiger partial charge < -0.3 is 5.32 Å². The molecular formula is C16H31N. The number of fused-ring (bicyclic) bond motifs is 2. The Balaban J connectivity index is 2.16. The smallest absolute Gasteiger partial charge is 0.0177 e. The van der Waals surface area contributed by atoms with Crippen LogP contribution >= 0.6 is 0 Å². The summed E-state index contributed by atoms with van der Waals surface area (Å²) in [5, 5.41) is 3.98. The van der Waals surface area contributed by atoms with Crippen molar-refractivity contribution in [1.29, 1.82) is 0 Å². The maximum absolute atomic E-state index is 3.98. The summed E-state index contributed by atoms with van der Waals surface area (Å²) in [5.41, 5.74) is 1.38. The summed E-state index contributed by atoms with van der Waals surface area (Å²) >= 11 is 0. The van der Waals surface area contributed by atoms with Crippen molar-refractivity contribution in [3.63, 3.8) is 0 Å². The Labute approximate surface area is 108 Å². The molecular weight excluding hydrogens is 206 g/mol. The fraction of sp³-hybridized carbons (Fsp3) is 1.00. The van der Waals surface area contributed by atoms with E-state index in [0.717, 1.165) is 5.92 Å². The normalized spacial score (nSPS) is 41.8. The number of hydrogen-bond donors (Lipinski definition) is 1. The fourth-order valence-corrected chi connectivity index (χ4v) is 4.22. The van der Waals surface area contributed by atoms with E-state index in [4.69, 9.17) is 0 Å². The molecule has 0 amide bonds. The second-order valence-corrected chi connectivity index (χ2v) is 8.60. The van der Waals surface area contributed by atoms with Gasteiger partial charge in [0.25, 0.3) is 0 Å². The highest BCUT2D eigenvalue weighted by Crippen LogP contribution is 2.62. The van der Waals surface area contributed by atoms with Gasteiger partial charge in [-0.15, -0.1) is 0 Å². The molecule has 0 spiro atoms. The summed E-state index contributed by atoms with van der Waals surface area (Å²) in [6.45, 7) is 16.8. The molecule has 0 heterocycles. The van der Waals surface area contributed by atoms with Gasteiger partial charge in [0.1, 0.15) is 0 Å². The van der Waals surface area contributed by atoms with Gasteiger partial charge in [-0.1, -0.05) is 41.5 Å². The molecule has 0 aromatic carbocycles. The van der Waals surface area contributed by atoms with Gasteiger partial charge in [-0.05, 0) is 48.3 Å². The molecule has 1 nitrogen and oxygen atoms in total. The minimum Gasteiger partial charge on any atom is -0.310 e. The molecule has 0 aromatic rings. The number of nitrogens with one attached hydrogen (secondary N) is 1. The van der Waals surface area contributed by atoms with Crippen LogP contribution in [-0.2, 0) is 0 Å². The summed E-state index contributed by atoms with van der Waals surface area (Å²) in [4.78, 5) is 0. The van der Waals surface area contributed by atoms with Crippen molar-refractivity contribution >= 4 is 0 Å². The maximum Gasteiger partial charge on any atom is 0.0177 e. The van der Waals surface area contributed by atoms with E-state index in [0.29, 0.717) is 28.3 Å². The summed E-state index contributed by atoms with van der Waals surface area (Å²) in [6.07, 6.45) is 4.32. The molecule has 2 fully saturated rings. The zero-order valence-electron chi connectivity index (χ0n) is 12.9. The largest absolute Gasteiger partial charge is 0.310 e. The van der Waals surface area contributed by atoms with Gasteiger partial charge in [0.05, 0.1) is 0 Å². The molecule has 2 saturated carbocycles. The lowest BCUT2D eigenvalue weighted by molar-refractivity contribution is 0.0830. The lowest BCUT2D eigenvalue weighted by atomic mass is 9.67. The number of rotatable bonds is 2. The first-order chi connectivity index (χ1) is 7.57. The molecule has 100 valence electrons. The van der Waals surface area contributed by atoms with Crippen molar-refractivity contribution in [2.45, 2.75) is 79.8 Å². The summed E-state index contributed by atoms with van der Waals surface area (Å²) in [5.74, 6) is 0.942. The average Bonchev–Trinajstić information content (AvgIpc) is 2.62. The van der Waals surface area contributed by atoms with E-state index < -0.39 is 0 Å². The zero-order valence-corrected chi connectivity index (χ0v) is 12.9. The Morgan fingerprint density at radius 1 is 1.18 bits per heavy atom. The summed E-state index contributed by atoms with van der Waals surface area (Å²) in [6, 6.07) is 1.28. The third-order valence-electron chi connectivity index (χ3n) is 5.99. The standard InChI is InChI=1S/C16H31N/c1-11(14(2,3)4)17-13-15(5,6)12-8-9-16(13,7)10-12/h11-13,17H,8-10H2,1-7H3. The topological polar surface area (TPSA) is 12.0 Å². The first-order valence-electron chi connectivity index (χ1n) is 7.33. The van der Waals surface area contributed by atoms with Crippen LogP contribution in [0.25, 0.3) is 0 Å². The Morgan fingerprint density at radius 2 is 1.76 bits per heavy atom. The molecule has 4 unspecified atom stereocenters. The summed E-state index contributed by atoms with van der Waals surface area (Å²) in [7, 11) is 0. The fourth-order valence-electron chi connectivity index (χ4n) is 4.22. The van der Waals surface area contributed by atoms with Crippen LogP contribution in [0.15, 0.2) is 0 Å². The van der Waals surface area contributed by atoms with E-state index in [1.54, 1.807) is 0 Å². The van der Waals surface area contributed by atoms with Gasteiger partial charge in [0.15, 0.2) is 0 Å². The second kappa shape index (κ2) is 3.73. The Kier molecular flexibility index (Phi) is 2.94. The maximum atomic E-state index is 3.98. The van der Waals surface area contributed by atoms with E-state index in [1.165, 1.54) is 19.3 Å². The van der Waals surface area contributed by atoms with Crippen molar-refractivity contribution < 1.29 is 0 Å². The van der Waals surface area contributed by atoms with Crippen LogP contribution in [0, 0.1) is 22.2 Å². The minimum absolute atomic E-state index is 0.355. The Bertz CT molecular complexity index is 294. The van der Waals surface area contributed by atoms with Crippen molar-refractivity contribution in [2.75, 3.05) is 0 Å². The lowest BCUT2D eigenvalue weighted by Crippen LogP contribution is -2.55. The van der Waals surface area contributed by atoms with Crippen molar-refractivity contribution in [1.82, 2.24) is 5.32 Å². The van der Waals surface area contributed by atoms with Gasteiger partial charge in [-0.25, -0.2) is 0 Å². The highest BCUT2D eigenvalue weighted by atomic mass is 15.0. The van der Waals surface area contributed by atoms with Crippen molar-refractivity contribution in [2.24, 2.45) is 22.2 Å². The summed E-state index contributed by atoms with van der Waals surface area (Å²) < 4.78 is 0. The molecule has 0 saturated heterocycles. The van der Waals surface area contributed by atoms with E-state index in [1.807, 2.05) is 0 Å². The lowest BCUT2D eigenvalue weighted by Gasteiger charge is -2.46. The highest BCUT2D eigenvalue weighted by molar-refractivity contribution is 5.12. The molecule has 2 aliphatic rings. The van der Waals surface area contributed by atoms with Gasteiger partial charge in [0.2, 0.25) is 0 Å². The molecule has 0 aliphatic heterocycles. The van der Waals surface area contributed by atoms with Crippen LogP contribution < -0.4 is 5.32 Å². The second-order valence-electron chi connectivity index (χ2n) is 8.60. The predicted molar refractivity (Wildman–Crippen MR) is 75.1 cm³/mol. The molecule has 0 aromatic heterocycles. The van der Waals surface area contributed by atoms with Crippen LogP contribution in [0.2, 0.25) is 0 Å². The molecule has 0 radical (unpaired) electrons. The minimum atomic E-state index is 0.355. The van der Waals surface area contributed by atoms with Crippen LogP contribution in [0.3, 0.4) is 0 Å². The number of hydrogen-bond acceptors (Lipinski definition) is 1. The van der Waals surface area contributed by atoms with E-state index >= 15 is 0 Å². The molecule has 1 N–H and O–H groups in total. The Hall–Kier alpha value is -0.0400. The molecule has 17 heavy (non-hydrogen) atoms. The predicted octanol–water partition coefficient (Wildman–Crippen LogP) is 4.23. The van der Waals surface area contributed by atoms with Crippen LogP contribution in [0.1, 0.15) is 67.7 Å². The van der Waals surface area contributed by atoms with Gasteiger partial charge in [0, 0.05) is 12.1 Å². The third kappa shape index (κ3) is 2.05. The average molecular weight is 237 g/mol.